The highest BCUT2D eigenvalue weighted by Gasteiger charge is 2.10. The van der Waals surface area contributed by atoms with Crippen LogP contribution in [0.4, 0.5) is 5.69 Å². The van der Waals surface area contributed by atoms with Gasteiger partial charge < -0.3 is 15.5 Å². The van der Waals surface area contributed by atoms with Crippen LogP contribution in [0.1, 0.15) is 5.56 Å². The van der Waals surface area contributed by atoms with Gasteiger partial charge in [-0.05, 0) is 24.3 Å². The zero-order valence-electron chi connectivity index (χ0n) is 8.92. The molecule has 4 heteroatoms. The second-order valence-electron chi connectivity index (χ2n) is 3.49. The van der Waals surface area contributed by atoms with Crippen molar-refractivity contribution in [2.45, 2.75) is 0 Å². The maximum atomic E-state index is 9.67. The molecule has 0 aromatic heterocycles. The molecule has 0 amide bonds. The van der Waals surface area contributed by atoms with Crippen LogP contribution in [0.2, 0.25) is 0 Å². The van der Waals surface area contributed by atoms with E-state index >= 15 is 0 Å². The van der Waals surface area contributed by atoms with Crippen LogP contribution in [-0.2, 0) is 0 Å². The summed E-state index contributed by atoms with van der Waals surface area (Å²) < 4.78 is 0. The van der Waals surface area contributed by atoms with Crippen LogP contribution in [0.3, 0.4) is 0 Å². The summed E-state index contributed by atoms with van der Waals surface area (Å²) in [5.41, 5.74) is 1.24. The van der Waals surface area contributed by atoms with Crippen molar-refractivity contribution in [3.8, 4) is 11.5 Å². The maximum Gasteiger partial charge on any atom is 0.167 e. The Morgan fingerprint density at radius 1 is 0.941 bits per heavy atom. The van der Waals surface area contributed by atoms with Crippen molar-refractivity contribution in [2.75, 3.05) is 5.32 Å². The quantitative estimate of drug-likeness (QED) is 0.562. The van der Waals surface area contributed by atoms with Gasteiger partial charge in [0, 0.05) is 5.69 Å². The highest BCUT2D eigenvalue weighted by atomic mass is 32.1. The molecule has 0 unspecified atom stereocenters. The van der Waals surface area contributed by atoms with Gasteiger partial charge in [0.1, 0.15) is 4.99 Å². The lowest BCUT2D eigenvalue weighted by Crippen LogP contribution is -2.10. The van der Waals surface area contributed by atoms with Crippen molar-refractivity contribution in [1.82, 2.24) is 0 Å². The van der Waals surface area contributed by atoms with Crippen molar-refractivity contribution in [2.24, 2.45) is 0 Å². The molecule has 2 aromatic carbocycles. The van der Waals surface area contributed by atoms with Gasteiger partial charge in [0.15, 0.2) is 11.5 Å². The highest BCUT2D eigenvalue weighted by molar-refractivity contribution is 7.81. The highest BCUT2D eigenvalue weighted by Crippen LogP contribution is 2.29. The van der Waals surface area contributed by atoms with Gasteiger partial charge in [-0.3, -0.25) is 0 Å². The molecule has 0 aliphatic carbocycles. The van der Waals surface area contributed by atoms with E-state index in [9.17, 15) is 10.2 Å². The van der Waals surface area contributed by atoms with Gasteiger partial charge in [-0.1, -0.05) is 36.5 Å². The Bertz CT molecular complexity index is 540. The van der Waals surface area contributed by atoms with Crippen LogP contribution in [-0.4, -0.2) is 15.2 Å². The molecular formula is C13H11NO2S. The largest absolute Gasteiger partial charge is 0.504 e. The molecule has 86 valence electrons. The monoisotopic (exact) mass is 245 g/mol. The number of hydrogen-bond donors (Lipinski definition) is 3. The lowest BCUT2D eigenvalue weighted by atomic mass is 10.2. The van der Waals surface area contributed by atoms with Crippen LogP contribution < -0.4 is 5.32 Å². The molecule has 17 heavy (non-hydrogen) atoms. The molecule has 0 saturated carbocycles. The number of phenols is 2. The number of nitrogens with one attached hydrogen (secondary N) is 1. The summed E-state index contributed by atoms with van der Waals surface area (Å²) in [7, 11) is 0. The van der Waals surface area contributed by atoms with Gasteiger partial charge in [-0.2, -0.15) is 0 Å². The smallest absolute Gasteiger partial charge is 0.167 e. The number of aromatic hydroxyl groups is 2. The summed E-state index contributed by atoms with van der Waals surface area (Å²) >= 11 is 5.17. The Kier molecular flexibility index (Phi) is 3.25. The minimum Gasteiger partial charge on any atom is -0.504 e. The summed E-state index contributed by atoms with van der Waals surface area (Å²) in [5.74, 6) is -0.388. The van der Waals surface area contributed by atoms with Gasteiger partial charge in [0.05, 0.1) is 5.56 Å². The van der Waals surface area contributed by atoms with E-state index in [2.05, 4.69) is 5.32 Å². The molecule has 0 saturated heterocycles. The SMILES string of the molecule is Oc1cccc(C(=S)Nc2ccccc2)c1O. The second kappa shape index (κ2) is 4.84. The third kappa shape index (κ3) is 2.54. The predicted octanol–water partition coefficient (Wildman–Crippen LogP) is 2.89. The summed E-state index contributed by atoms with van der Waals surface area (Å²) in [4.78, 5) is 0.365. The van der Waals surface area contributed by atoms with E-state index in [1.807, 2.05) is 30.3 Å². The normalized spacial score (nSPS) is 9.88. The van der Waals surface area contributed by atoms with Crippen molar-refractivity contribution < 1.29 is 10.2 Å². The van der Waals surface area contributed by atoms with E-state index < -0.39 is 0 Å². The number of benzene rings is 2. The molecule has 0 spiro atoms. The predicted molar refractivity (Wildman–Crippen MR) is 71.5 cm³/mol. The summed E-state index contributed by atoms with van der Waals surface area (Å²) in [5, 5.41) is 22.0. The van der Waals surface area contributed by atoms with Gasteiger partial charge in [0.2, 0.25) is 0 Å². The Morgan fingerprint density at radius 3 is 2.35 bits per heavy atom. The number of rotatable bonds is 2. The number of phenolic OH excluding ortho intramolecular Hbond substituents is 2. The van der Waals surface area contributed by atoms with Crippen LogP contribution in [0.5, 0.6) is 11.5 Å². The Morgan fingerprint density at radius 2 is 1.65 bits per heavy atom. The van der Waals surface area contributed by atoms with Crippen LogP contribution in [0.25, 0.3) is 0 Å². The average Bonchev–Trinajstić information content (AvgIpc) is 2.34. The fourth-order valence-corrected chi connectivity index (χ4v) is 1.72. The van der Waals surface area contributed by atoms with Crippen molar-refractivity contribution in [1.29, 1.82) is 0 Å². The van der Waals surface area contributed by atoms with Crippen LogP contribution in [0, 0.1) is 0 Å². The Balaban J connectivity index is 2.24. The summed E-state index contributed by atoms with van der Waals surface area (Å²) in [6, 6.07) is 14.1. The molecule has 2 rings (SSSR count). The van der Waals surface area contributed by atoms with E-state index in [1.165, 1.54) is 6.07 Å². The number of hydrogen-bond acceptors (Lipinski definition) is 3. The molecule has 0 bridgehead atoms. The lowest BCUT2D eigenvalue weighted by Gasteiger charge is -2.10. The van der Waals surface area contributed by atoms with Crippen molar-refractivity contribution in [3.05, 3.63) is 54.1 Å². The molecule has 0 atom stereocenters. The lowest BCUT2D eigenvalue weighted by molar-refractivity contribution is 0.403. The van der Waals surface area contributed by atoms with Gasteiger partial charge >= 0.3 is 0 Å². The Hall–Kier alpha value is -2.07. The standard InChI is InChI=1S/C13H11NO2S/c15-11-8-4-7-10(12(11)16)13(17)14-9-5-2-1-3-6-9/h1-8,15-16H,(H,14,17). The minimum atomic E-state index is -0.207. The molecule has 0 heterocycles. The molecule has 0 aliphatic rings. The third-order valence-electron chi connectivity index (χ3n) is 2.29. The topological polar surface area (TPSA) is 52.5 Å². The van der Waals surface area contributed by atoms with Gasteiger partial charge in [-0.25, -0.2) is 0 Å². The third-order valence-corrected chi connectivity index (χ3v) is 2.61. The number of anilines is 1. The second-order valence-corrected chi connectivity index (χ2v) is 3.90. The van der Waals surface area contributed by atoms with Crippen molar-refractivity contribution in [3.63, 3.8) is 0 Å². The van der Waals surface area contributed by atoms with E-state index in [4.69, 9.17) is 12.2 Å². The molecule has 0 radical (unpaired) electrons. The molecule has 3 N–H and O–H groups in total. The average molecular weight is 245 g/mol. The van der Waals surface area contributed by atoms with E-state index in [-0.39, 0.29) is 11.5 Å². The molecule has 0 fully saturated rings. The fraction of sp³-hybridized carbons (Fsp3) is 0. The van der Waals surface area contributed by atoms with Gasteiger partial charge in [-0.15, -0.1) is 0 Å². The fourth-order valence-electron chi connectivity index (χ4n) is 1.43. The van der Waals surface area contributed by atoms with E-state index in [0.717, 1.165) is 5.69 Å². The van der Waals surface area contributed by atoms with E-state index in [0.29, 0.717) is 10.6 Å². The first-order valence-corrected chi connectivity index (χ1v) is 5.46. The molecular weight excluding hydrogens is 234 g/mol. The maximum absolute atomic E-state index is 9.67. The van der Waals surface area contributed by atoms with E-state index in [1.54, 1.807) is 12.1 Å². The number of para-hydroxylation sites is 2. The Labute approximate surface area is 104 Å². The van der Waals surface area contributed by atoms with Gasteiger partial charge in [0.25, 0.3) is 0 Å². The first-order chi connectivity index (χ1) is 8.18. The number of thiocarbonyl (C=S) groups is 1. The van der Waals surface area contributed by atoms with Crippen LogP contribution in [0.15, 0.2) is 48.5 Å². The zero-order valence-corrected chi connectivity index (χ0v) is 9.74. The molecule has 3 nitrogen and oxygen atoms in total. The summed E-state index contributed by atoms with van der Waals surface area (Å²) in [6.45, 7) is 0. The minimum absolute atomic E-state index is 0.181. The van der Waals surface area contributed by atoms with Crippen molar-refractivity contribution >= 4 is 22.9 Å². The summed E-state index contributed by atoms with van der Waals surface area (Å²) in [6.07, 6.45) is 0. The molecule has 0 aliphatic heterocycles. The zero-order chi connectivity index (χ0) is 12.3. The van der Waals surface area contributed by atoms with Crippen LogP contribution >= 0.6 is 12.2 Å². The molecule has 2 aromatic rings. The first-order valence-electron chi connectivity index (χ1n) is 5.06. The first kappa shape index (κ1) is 11.4.